The summed E-state index contributed by atoms with van der Waals surface area (Å²) in [5.41, 5.74) is 1.26. The SMILES string of the molecule is O=S1(=O)CCC(Nc2cccc3c2cc(I)n3CC(F)(F)F)CC1. The second kappa shape index (κ2) is 6.40. The molecule has 0 saturated carbocycles. The predicted molar refractivity (Wildman–Crippen MR) is 96.0 cm³/mol. The molecule has 0 atom stereocenters. The monoisotopic (exact) mass is 472 g/mol. The van der Waals surface area contributed by atoms with Crippen LogP contribution in [-0.2, 0) is 16.4 Å². The third kappa shape index (κ3) is 3.98. The molecule has 0 aliphatic carbocycles. The first-order valence-corrected chi connectivity index (χ1v) is 10.4. The molecule has 0 bridgehead atoms. The highest BCUT2D eigenvalue weighted by molar-refractivity contribution is 14.1. The molecule has 1 aromatic carbocycles. The topological polar surface area (TPSA) is 51.1 Å². The van der Waals surface area contributed by atoms with Crippen molar-refractivity contribution in [1.82, 2.24) is 4.57 Å². The van der Waals surface area contributed by atoms with E-state index in [4.69, 9.17) is 0 Å². The van der Waals surface area contributed by atoms with Gasteiger partial charge in [-0.3, -0.25) is 0 Å². The van der Waals surface area contributed by atoms with E-state index in [1.54, 1.807) is 18.2 Å². The molecule has 0 unspecified atom stereocenters. The lowest BCUT2D eigenvalue weighted by molar-refractivity contribution is -0.140. The van der Waals surface area contributed by atoms with E-state index in [-0.39, 0.29) is 17.5 Å². The minimum atomic E-state index is -4.28. The zero-order chi connectivity index (χ0) is 17.5. The summed E-state index contributed by atoms with van der Waals surface area (Å²) in [6.07, 6.45) is -3.26. The molecule has 2 heterocycles. The van der Waals surface area contributed by atoms with Crippen LogP contribution in [0.15, 0.2) is 24.3 Å². The van der Waals surface area contributed by atoms with Crippen molar-refractivity contribution < 1.29 is 21.6 Å². The molecular formula is C15H16F3IN2O2S. The molecule has 0 amide bonds. The Balaban J connectivity index is 1.89. The van der Waals surface area contributed by atoms with Crippen LogP contribution in [-0.4, -0.2) is 36.7 Å². The van der Waals surface area contributed by atoms with Gasteiger partial charge in [-0.25, -0.2) is 8.42 Å². The Bertz CT molecular complexity index is 847. The van der Waals surface area contributed by atoms with Crippen LogP contribution in [0.3, 0.4) is 0 Å². The smallest absolute Gasteiger partial charge is 0.382 e. The van der Waals surface area contributed by atoms with E-state index < -0.39 is 22.6 Å². The van der Waals surface area contributed by atoms with Crippen molar-refractivity contribution in [2.24, 2.45) is 0 Å². The molecule has 1 fully saturated rings. The first-order valence-electron chi connectivity index (χ1n) is 7.46. The molecule has 1 aliphatic heterocycles. The normalized spacial score (nSPS) is 18.8. The third-order valence-corrected chi connectivity index (χ3v) is 6.76. The van der Waals surface area contributed by atoms with Gasteiger partial charge in [0.1, 0.15) is 16.4 Å². The molecule has 3 rings (SSSR count). The van der Waals surface area contributed by atoms with Crippen molar-refractivity contribution in [1.29, 1.82) is 0 Å². The molecule has 1 aromatic heterocycles. The highest BCUT2D eigenvalue weighted by atomic mass is 127. The standard InChI is InChI=1S/C15H16F3IN2O2S/c16-15(17,18)9-21-13-3-1-2-12(11(13)8-14(21)19)20-10-4-6-24(22,23)7-5-10/h1-3,8,10,20H,4-7,9H2. The van der Waals surface area contributed by atoms with Crippen LogP contribution in [0.5, 0.6) is 0 Å². The lowest BCUT2D eigenvalue weighted by Gasteiger charge is -2.24. The number of alkyl halides is 3. The first kappa shape index (κ1) is 17.8. The number of nitrogens with one attached hydrogen (secondary N) is 1. The van der Waals surface area contributed by atoms with E-state index in [9.17, 15) is 21.6 Å². The Kier molecular flexibility index (Phi) is 4.75. The van der Waals surface area contributed by atoms with Gasteiger partial charge in [0.15, 0.2) is 0 Å². The average molecular weight is 472 g/mol. The van der Waals surface area contributed by atoms with Gasteiger partial charge >= 0.3 is 6.18 Å². The van der Waals surface area contributed by atoms with Crippen molar-refractivity contribution in [2.75, 3.05) is 16.8 Å². The van der Waals surface area contributed by atoms with E-state index in [1.165, 1.54) is 4.57 Å². The fourth-order valence-corrected chi connectivity index (χ4v) is 5.21. The quantitative estimate of drug-likeness (QED) is 0.692. The summed E-state index contributed by atoms with van der Waals surface area (Å²) < 4.78 is 63.1. The van der Waals surface area contributed by atoms with Gasteiger partial charge in [0, 0.05) is 17.1 Å². The lowest BCUT2D eigenvalue weighted by atomic mass is 10.1. The lowest BCUT2D eigenvalue weighted by Crippen LogP contribution is -2.32. The van der Waals surface area contributed by atoms with Crippen molar-refractivity contribution in [3.8, 4) is 0 Å². The van der Waals surface area contributed by atoms with Gasteiger partial charge in [0.2, 0.25) is 0 Å². The van der Waals surface area contributed by atoms with E-state index >= 15 is 0 Å². The van der Waals surface area contributed by atoms with E-state index in [1.807, 2.05) is 28.7 Å². The minimum absolute atomic E-state index is 0.0164. The van der Waals surface area contributed by atoms with Gasteiger partial charge in [-0.2, -0.15) is 13.2 Å². The van der Waals surface area contributed by atoms with Crippen LogP contribution in [0.2, 0.25) is 0 Å². The maximum atomic E-state index is 12.8. The molecule has 2 aromatic rings. The van der Waals surface area contributed by atoms with Gasteiger partial charge in [-0.15, -0.1) is 0 Å². The number of rotatable bonds is 3. The van der Waals surface area contributed by atoms with Gasteiger partial charge in [0.05, 0.1) is 20.7 Å². The molecule has 9 heteroatoms. The summed E-state index contributed by atoms with van der Waals surface area (Å²) in [4.78, 5) is 0. The highest BCUT2D eigenvalue weighted by Crippen LogP contribution is 2.32. The fraction of sp³-hybridized carbons (Fsp3) is 0.467. The zero-order valence-corrected chi connectivity index (χ0v) is 15.6. The Labute approximate surface area is 151 Å². The van der Waals surface area contributed by atoms with Gasteiger partial charge in [-0.05, 0) is 53.6 Å². The van der Waals surface area contributed by atoms with Gasteiger partial charge in [0.25, 0.3) is 0 Å². The molecule has 132 valence electrons. The Hall–Kier alpha value is -0.970. The Morgan fingerprint density at radius 3 is 2.54 bits per heavy atom. The number of fused-ring (bicyclic) bond motifs is 1. The second-order valence-electron chi connectivity index (χ2n) is 5.98. The van der Waals surface area contributed by atoms with E-state index in [0.29, 0.717) is 22.1 Å². The number of benzene rings is 1. The van der Waals surface area contributed by atoms with Crippen molar-refractivity contribution in [3.63, 3.8) is 0 Å². The summed E-state index contributed by atoms with van der Waals surface area (Å²) in [5, 5.41) is 4.02. The number of nitrogens with zero attached hydrogens (tertiary/aromatic N) is 1. The molecule has 1 saturated heterocycles. The molecule has 0 spiro atoms. The number of anilines is 1. The number of aromatic nitrogens is 1. The largest absolute Gasteiger partial charge is 0.406 e. The van der Waals surface area contributed by atoms with Gasteiger partial charge < -0.3 is 9.88 Å². The summed E-state index contributed by atoms with van der Waals surface area (Å²) in [6, 6.07) is 6.94. The summed E-state index contributed by atoms with van der Waals surface area (Å²) in [5.74, 6) is 0.292. The predicted octanol–water partition coefficient (Wildman–Crippen LogP) is 3.80. The van der Waals surface area contributed by atoms with Crippen LogP contribution in [0, 0.1) is 3.70 Å². The third-order valence-electron chi connectivity index (χ3n) is 4.15. The molecule has 24 heavy (non-hydrogen) atoms. The van der Waals surface area contributed by atoms with Crippen molar-refractivity contribution in [3.05, 3.63) is 28.0 Å². The highest BCUT2D eigenvalue weighted by Gasteiger charge is 2.30. The zero-order valence-electron chi connectivity index (χ0n) is 12.6. The van der Waals surface area contributed by atoms with Crippen LogP contribution in [0.4, 0.5) is 18.9 Å². The Morgan fingerprint density at radius 2 is 1.92 bits per heavy atom. The van der Waals surface area contributed by atoms with Crippen molar-refractivity contribution in [2.45, 2.75) is 31.6 Å². The van der Waals surface area contributed by atoms with Crippen LogP contribution < -0.4 is 5.32 Å². The van der Waals surface area contributed by atoms with E-state index in [0.717, 1.165) is 11.1 Å². The molecule has 4 nitrogen and oxygen atoms in total. The summed E-state index contributed by atoms with van der Waals surface area (Å²) >= 11 is 1.90. The Morgan fingerprint density at radius 1 is 1.25 bits per heavy atom. The maximum absolute atomic E-state index is 12.8. The maximum Gasteiger partial charge on any atom is 0.406 e. The minimum Gasteiger partial charge on any atom is -0.382 e. The van der Waals surface area contributed by atoms with E-state index in [2.05, 4.69) is 5.32 Å². The van der Waals surface area contributed by atoms with Crippen LogP contribution >= 0.6 is 22.6 Å². The number of sulfone groups is 1. The van der Waals surface area contributed by atoms with Crippen LogP contribution in [0.25, 0.3) is 10.9 Å². The van der Waals surface area contributed by atoms with Crippen LogP contribution in [0.1, 0.15) is 12.8 Å². The van der Waals surface area contributed by atoms with Gasteiger partial charge in [-0.1, -0.05) is 6.07 Å². The summed E-state index contributed by atoms with van der Waals surface area (Å²) in [6.45, 7) is -1.03. The number of hydrogen-bond acceptors (Lipinski definition) is 3. The fourth-order valence-electron chi connectivity index (χ4n) is 2.97. The summed E-state index contributed by atoms with van der Waals surface area (Å²) in [7, 11) is -2.94. The van der Waals surface area contributed by atoms with Crippen molar-refractivity contribution >= 4 is 49.0 Å². The first-order chi connectivity index (χ1) is 11.1. The number of hydrogen-bond donors (Lipinski definition) is 1. The number of halogens is 4. The molecule has 1 aliphatic rings. The second-order valence-corrected chi connectivity index (χ2v) is 9.39. The molecular weight excluding hydrogens is 456 g/mol. The molecule has 0 radical (unpaired) electrons. The average Bonchev–Trinajstić information content (AvgIpc) is 2.77. The molecule has 1 N–H and O–H groups in total.